The number of carbonyl (C=O) groups is 1. The minimum Gasteiger partial charge on any atom is -0.377 e. The van der Waals surface area contributed by atoms with Gasteiger partial charge in [-0.05, 0) is 31.5 Å². The summed E-state index contributed by atoms with van der Waals surface area (Å²) in [5.41, 5.74) is 1.85. The lowest BCUT2D eigenvalue weighted by molar-refractivity contribution is 0.102. The summed E-state index contributed by atoms with van der Waals surface area (Å²) in [4.78, 5) is 22.2. The first-order chi connectivity index (χ1) is 13.2. The Labute approximate surface area is 168 Å². The molecule has 1 amide bonds. The first kappa shape index (κ1) is 18.9. The van der Waals surface area contributed by atoms with Crippen LogP contribution in [0.4, 0.5) is 5.13 Å². The molecule has 0 saturated carbocycles. The van der Waals surface area contributed by atoms with E-state index in [9.17, 15) is 4.79 Å². The Hall–Kier alpha value is -1.41. The van der Waals surface area contributed by atoms with Crippen molar-refractivity contribution in [1.82, 2.24) is 9.88 Å². The molecule has 1 saturated heterocycles. The van der Waals surface area contributed by atoms with Crippen molar-refractivity contribution in [3.8, 4) is 0 Å². The molecule has 0 aliphatic carbocycles. The molecule has 1 N–H and O–H groups in total. The summed E-state index contributed by atoms with van der Waals surface area (Å²) in [6, 6.07) is 7.80. The zero-order valence-corrected chi connectivity index (χ0v) is 17.2. The lowest BCUT2D eigenvalue weighted by atomic mass is 10.2. The lowest BCUT2D eigenvalue weighted by Crippen LogP contribution is -2.29. The van der Waals surface area contributed by atoms with Crippen molar-refractivity contribution in [3.05, 3.63) is 40.4 Å². The van der Waals surface area contributed by atoms with E-state index in [1.807, 2.05) is 24.3 Å². The van der Waals surface area contributed by atoms with Crippen LogP contribution >= 0.6 is 23.1 Å². The van der Waals surface area contributed by atoms with E-state index in [1.165, 1.54) is 4.88 Å². The van der Waals surface area contributed by atoms with E-state index < -0.39 is 0 Å². The first-order valence-corrected chi connectivity index (χ1v) is 11.4. The molecule has 4 rings (SSSR count). The minimum absolute atomic E-state index is 0.0797. The Morgan fingerprint density at radius 1 is 1.44 bits per heavy atom. The van der Waals surface area contributed by atoms with Crippen molar-refractivity contribution in [2.45, 2.75) is 43.7 Å². The quantitative estimate of drug-likeness (QED) is 0.738. The fraction of sp³-hybridized carbons (Fsp3) is 0.500. The van der Waals surface area contributed by atoms with Crippen LogP contribution in [-0.4, -0.2) is 47.3 Å². The highest BCUT2D eigenvalue weighted by atomic mass is 32.2. The molecular weight excluding hydrogens is 378 g/mol. The van der Waals surface area contributed by atoms with Gasteiger partial charge in [0.1, 0.15) is 0 Å². The number of nitrogens with zero attached hydrogens (tertiary/aromatic N) is 2. The second-order valence-corrected chi connectivity index (χ2v) is 9.05. The summed E-state index contributed by atoms with van der Waals surface area (Å²) in [5, 5.41) is 3.73. The van der Waals surface area contributed by atoms with Gasteiger partial charge in [-0.2, -0.15) is 0 Å². The van der Waals surface area contributed by atoms with Crippen molar-refractivity contribution in [1.29, 1.82) is 0 Å². The first-order valence-electron chi connectivity index (χ1n) is 9.58. The van der Waals surface area contributed by atoms with Crippen LogP contribution in [-0.2, 0) is 17.7 Å². The smallest absolute Gasteiger partial charge is 0.258 e. The van der Waals surface area contributed by atoms with Crippen LogP contribution in [0.3, 0.4) is 0 Å². The van der Waals surface area contributed by atoms with Gasteiger partial charge in [0.2, 0.25) is 0 Å². The fourth-order valence-electron chi connectivity index (χ4n) is 3.47. The summed E-state index contributed by atoms with van der Waals surface area (Å²) < 4.78 is 5.70. The molecule has 144 valence electrons. The van der Waals surface area contributed by atoms with Crippen molar-refractivity contribution < 1.29 is 9.53 Å². The Morgan fingerprint density at radius 3 is 3.15 bits per heavy atom. The van der Waals surface area contributed by atoms with Crippen LogP contribution in [0, 0.1) is 0 Å². The number of carbonyl (C=O) groups excluding carboxylic acids is 1. The second kappa shape index (κ2) is 8.73. The highest BCUT2D eigenvalue weighted by Gasteiger charge is 2.22. The summed E-state index contributed by atoms with van der Waals surface area (Å²) in [6.07, 6.45) is 3.51. The molecule has 1 atom stereocenters. The number of amides is 1. The highest BCUT2D eigenvalue weighted by Crippen LogP contribution is 2.30. The molecule has 1 unspecified atom stereocenters. The number of hydrogen-bond donors (Lipinski definition) is 1. The zero-order chi connectivity index (χ0) is 18.6. The number of likely N-dealkylation sites (N-methyl/N-ethyl adjacent to an activating group) is 1. The van der Waals surface area contributed by atoms with E-state index >= 15 is 0 Å². The van der Waals surface area contributed by atoms with Crippen molar-refractivity contribution >= 4 is 34.1 Å². The minimum atomic E-state index is -0.0797. The molecule has 2 aliphatic rings. The summed E-state index contributed by atoms with van der Waals surface area (Å²) in [6.45, 7) is 6.07. The largest absolute Gasteiger partial charge is 0.377 e. The number of anilines is 1. The number of fused-ring (bicyclic) bond motifs is 1. The Bertz CT molecular complexity index is 802. The van der Waals surface area contributed by atoms with Crippen molar-refractivity contribution in [2.24, 2.45) is 0 Å². The average molecular weight is 404 g/mol. The predicted octanol–water partition coefficient (Wildman–Crippen LogP) is 4.04. The van der Waals surface area contributed by atoms with Gasteiger partial charge in [-0.25, -0.2) is 4.98 Å². The normalized spacial score (nSPS) is 19.8. The zero-order valence-electron chi connectivity index (χ0n) is 15.6. The standard InChI is InChI=1S/C20H25N3O2S2/c1-2-23-10-9-16-18(12-23)27-20(21-16)22-19(24)15-7-3-4-8-17(15)26-13-14-6-5-11-25-14/h3-4,7-8,14H,2,5-6,9-13H2,1H3,(H,21,22,24). The monoisotopic (exact) mass is 403 g/mol. The third-order valence-corrected chi connectivity index (χ3v) is 7.26. The number of rotatable bonds is 6. The molecule has 0 bridgehead atoms. The number of ether oxygens (including phenoxy) is 1. The topological polar surface area (TPSA) is 54.5 Å². The second-order valence-electron chi connectivity index (χ2n) is 6.90. The van der Waals surface area contributed by atoms with Crippen LogP contribution in [0.2, 0.25) is 0 Å². The van der Waals surface area contributed by atoms with E-state index in [1.54, 1.807) is 23.1 Å². The molecule has 1 aromatic carbocycles. The number of thioether (sulfide) groups is 1. The van der Waals surface area contributed by atoms with E-state index in [0.717, 1.165) is 61.8 Å². The molecule has 1 aromatic heterocycles. The van der Waals surface area contributed by atoms with Crippen LogP contribution in [0.25, 0.3) is 0 Å². The third-order valence-electron chi connectivity index (χ3n) is 5.06. The van der Waals surface area contributed by atoms with E-state index in [4.69, 9.17) is 4.74 Å². The number of aromatic nitrogens is 1. The number of nitrogens with one attached hydrogen (secondary N) is 1. The summed E-state index contributed by atoms with van der Waals surface area (Å²) in [5.74, 6) is 0.812. The Morgan fingerprint density at radius 2 is 2.33 bits per heavy atom. The molecule has 0 spiro atoms. The van der Waals surface area contributed by atoms with Gasteiger partial charge in [-0.3, -0.25) is 15.0 Å². The van der Waals surface area contributed by atoms with Gasteiger partial charge in [0.15, 0.2) is 5.13 Å². The molecule has 3 heterocycles. The van der Waals surface area contributed by atoms with Gasteiger partial charge in [0, 0.05) is 41.6 Å². The number of hydrogen-bond acceptors (Lipinski definition) is 6. The van der Waals surface area contributed by atoms with Gasteiger partial charge >= 0.3 is 0 Å². The Kier molecular flexibility index (Phi) is 6.12. The van der Waals surface area contributed by atoms with Crippen molar-refractivity contribution in [3.63, 3.8) is 0 Å². The van der Waals surface area contributed by atoms with Crippen LogP contribution in [0.5, 0.6) is 0 Å². The third kappa shape index (κ3) is 4.54. The average Bonchev–Trinajstić information content (AvgIpc) is 3.35. The molecule has 2 aromatic rings. The lowest BCUT2D eigenvalue weighted by Gasteiger charge is -2.23. The maximum Gasteiger partial charge on any atom is 0.258 e. The molecule has 0 radical (unpaired) electrons. The molecule has 7 heteroatoms. The molecule has 2 aliphatic heterocycles. The summed E-state index contributed by atoms with van der Waals surface area (Å²) >= 11 is 3.31. The SMILES string of the molecule is CCN1CCc2nc(NC(=O)c3ccccc3SCC3CCCO3)sc2C1. The maximum absolute atomic E-state index is 12.9. The predicted molar refractivity (Wildman–Crippen MR) is 111 cm³/mol. The summed E-state index contributed by atoms with van der Waals surface area (Å²) in [7, 11) is 0. The molecular formula is C20H25N3O2S2. The van der Waals surface area contributed by atoms with E-state index in [2.05, 4.69) is 22.1 Å². The fourth-order valence-corrected chi connectivity index (χ4v) is 5.64. The van der Waals surface area contributed by atoms with Gasteiger partial charge in [0.05, 0.1) is 17.4 Å². The molecule has 1 fully saturated rings. The molecule has 5 nitrogen and oxygen atoms in total. The maximum atomic E-state index is 12.9. The van der Waals surface area contributed by atoms with Gasteiger partial charge in [-0.15, -0.1) is 23.1 Å². The van der Waals surface area contributed by atoms with Gasteiger partial charge < -0.3 is 4.74 Å². The van der Waals surface area contributed by atoms with Gasteiger partial charge in [0.25, 0.3) is 5.91 Å². The van der Waals surface area contributed by atoms with Gasteiger partial charge in [-0.1, -0.05) is 19.1 Å². The van der Waals surface area contributed by atoms with Crippen LogP contribution < -0.4 is 5.32 Å². The van der Waals surface area contributed by atoms with Crippen LogP contribution in [0.15, 0.2) is 29.2 Å². The highest BCUT2D eigenvalue weighted by molar-refractivity contribution is 7.99. The molecule has 27 heavy (non-hydrogen) atoms. The number of benzene rings is 1. The van der Waals surface area contributed by atoms with Crippen LogP contribution in [0.1, 0.15) is 40.7 Å². The Balaban J connectivity index is 1.43. The van der Waals surface area contributed by atoms with Crippen molar-refractivity contribution in [2.75, 3.05) is 30.8 Å². The van der Waals surface area contributed by atoms with E-state index in [0.29, 0.717) is 16.8 Å². The number of thiazole rings is 1. The van der Waals surface area contributed by atoms with E-state index in [-0.39, 0.29) is 5.91 Å².